The maximum absolute atomic E-state index is 5.22. The van der Waals surface area contributed by atoms with Gasteiger partial charge in [0.15, 0.2) is 5.76 Å². The Morgan fingerprint density at radius 3 is 3.33 bits per heavy atom. The van der Waals surface area contributed by atoms with Crippen molar-refractivity contribution in [2.24, 2.45) is 0 Å². The quantitative estimate of drug-likeness (QED) is 0.483. The van der Waals surface area contributed by atoms with Crippen molar-refractivity contribution in [1.82, 2.24) is 0 Å². The van der Waals surface area contributed by atoms with Crippen LogP contribution in [0.25, 0.3) is 0 Å². The lowest BCUT2D eigenvalue weighted by molar-refractivity contribution is 0.219. The van der Waals surface area contributed by atoms with Crippen LogP contribution in [0.4, 0.5) is 0 Å². The van der Waals surface area contributed by atoms with Crippen LogP contribution in [0.1, 0.15) is 6.42 Å². The molecule has 1 saturated heterocycles. The second-order valence-corrected chi connectivity index (χ2v) is 2.14. The first-order chi connectivity index (χ1) is 4.47. The van der Waals surface area contributed by atoms with Gasteiger partial charge in [-0.2, -0.15) is 0 Å². The summed E-state index contributed by atoms with van der Waals surface area (Å²) >= 11 is 0. The van der Waals surface area contributed by atoms with Gasteiger partial charge >= 0.3 is 0 Å². The Bertz CT molecular complexity index is 159. The lowest BCUT2D eigenvalue weighted by Crippen LogP contribution is -1.94. The highest BCUT2D eigenvalue weighted by molar-refractivity contribution is 5.29. The van der Waals surface area contributed by atoms with E-state index in [1.165, 1.54) is 5.57 Å². The Morgan fingerprint density at radius 1 is 1.44 bits per heavy atom. The van der Waals surface area contributed by atoms with Crippen molar-refractivity contribution in [2.45, 2.75) is 6.42 Å². The number of hydrogen-bond acceptors (Lipinski definition) is 2. The van der Waals surface area contributed by atoms with Crippen LogP contribution in [-0.4, -0.2) is 13.2 Å². The van der Waals surface area contributed by atoms with Crippen molar-refractivity contribution in [1.29, 1.82) is 0 Å². The normalized spacial score (nSPS) is 23.1. The lowest BCUT2D eigenvalue weighted by atomic mass is 10.2. The van der Waals surface area contributed by atoms with Gasteiger partial charge in [-0.1, -0.05) is 0 Å². The number of rotatable bonds is 0. The third kappa shape index (κ3) is 0.707. The van der Waals surface area contributed by atoms with Gasteiger partial charge in [-0.3, -0.25) is 0 Å². The van der Waals surface area contributed by atoms with Crippen LogP contribution >= 0.6 is 0 Å². The minimum atomic E-state index is 0.711. The van der Waals surface area contributed by atoms with Crippen molar-refractivity contribution in [3.63, 3.8) is 0 Å². The van der Waals surface area contributed by atoms with Gasteiger partial charge in [-0.15, -0.1) is 0 Å². The number of allylic oxidation sites excluding steroid dienone is 1. The van der Waals surface area contributed by atoms with Crippen molar-refractivity contribution in [3.05, 3.63) is 23.7 Å². The first-order valence-electron chi connectivity index (χ1n) is 3.11. The summed E-state index contributed by atoms with van der Waals surface area (Å²) in [5.74, 6) is 0.932. The van der Waals surface area contributed by atoms with Crippen LogP contribution in [0.2, 0.25) is 0 Å². The molecule has 0 aromatic heterocycles. The number of ether oxygens (including phenoxy) is 2. The Labute approximate surface area is 53.8 Å². The lowest BCUT2D eigenvalue weighted by Gasteiger charge is -2.06. The Hall–Kier alpha value is -0.920. The molecule has 2 aliphatic heterocycles. The fourth-order valence-electron chi connectivity index (χ4n) is 1.07. The maximum Gasteiger partial charge on any atom is 0.156 e. The molecule has 48 valence electrons. The van der Waals surface area contributed by atoms with Crippen LogP contribution in [0.3, 0.4) is 0 Å². The van der Waals surface area contributed by atoms with Crippen molar-refractivity contribution < 1.29 is 9.47 Å². The van der Waals surface area contributed by atoms with Gasteiger partial charge in [0.1, 0.15) is 12.9 Å². The molecule has 9 heavy (non-hydrogen) atoms. The molecule has 0 aliphatic carbocycles. The van der Waals surface area contributed by atoms with E-state index in [2.05, 4.69) is 6.08 Å². The van der Waals surface area contributed by atoms with Gasteiger partial charge < -0.3 is 9.47 Å². The van der Waals surface area contributed by atoms with E-state index in [0.29, 0.717) is 6.61 Å². The van der Waals surface area contributed by atoms with E-state index in [1.807, 2.05) is 0 Å². The SMILES string of the molecule is C1=C2CCOC2=COC1. The zero-order valence-corrected chi connectivity index (χ0v) is 5.09. The molecular formula is C7H8O2. The van der Waals surface area contributed by atoms with E-state index in [1.54, 1.807) is 6.26 Å². The zero-order valence-electron chi connectivity index (χ0n) is 5.09. The molecule has 0 radical (unpaired) electrons. The average Bonchev–Trinajstić information content (AvgIpc) is 2.33. The van der Waals surface area contributed by atoms with Crippen LogP contribution in [-0.2, 0) is 9.47 Å². The molecule has 0 unspecified atom stereocenters. The van der Waals surface area contributed by atoms with Gasteiger partial charge in [0.05, 0.1) is 6.61 Å². The van der Waals surface area contributed by atoms with E-state index in [4.69, 9.17) is 9.47 Å². The molecule has 2 heteroatoms. The molecule has 2 heterocycles. The highest BCUT2D eigenvalue weighted by atomic mass is 16.5. The summed E-state index contributed by atoms with van der Waals surface area (Å²) < 4.78 is 10.2. The highest BCUT2D eigenvalue weighted by Gasteiger charge is 2.16. The predicted octanol–water partition coefficient (Wildman–Crippen LogP) is 1.20. The van der Waals surface area contributed by atoms with Crippen molar-refractivity contribution in [3.8, 4) is 0 Å². The highest BCUT2D eigenvalue weighted by Crippen LogP contribution is 2.25. The fraction of sp³-hybridized carbons (Fsp3) is 0.429. The smallest absolute Gasteiger partial charge is 0.156 e. The van der Waals surface area contributed by atoms with Crippen molar-refractivity contribution >= 4 is 0 Å². The average molecular weight is 124 g/mol. The van der Waals surface area contributed by atoms with Crippen LogP contribution in [0.15, 0.2) is 23.7 Å². The Balaban J connectivity index is 2.30. The van der Waals surface area contributed by atoms with Gasteiger partial charge in [0.2, 0.25) is 0 Å². The maximum atomic E-state index is 5.22. The molecule has 0 saturated carbocycles. The Kier molecular flexibility index (Phi) is 0.979. The monoisotopic (exact) mass is 124 g/mol. The molecule has 2 nitrogen and oxygen atoms in total. The molecule has 0 bridgehead atoms. The molecule has 0 aromatic carbocycles. The number of hydrogen-bond donors (Lipinski definition) is 0. The minimum Gasteiger partial charge on any atom is -0.493 e. The topological polar surface area (TPSA) is 18.5 Å². The molecule has 1 fully saturated rings. The summed E-state index contributed by atoms with van der Waals surface area (Å²) in [5.41, 5.74) is 1.31. The molecule has 2 rings (SSSR count). The van der Waals surface area contributed by atoms with E-state index in [0.717, 1.165) is 18.8 Å². The van der Waals surface area contributed by atoms with Gasteiger partial charge in [0, 0.05) is 12.0 Å². The first-order valence-corrected chi connectivity index (χ1v) is 3.11. The zero-order chi connectivity index (χ0) is 6.10. The van der Waals surface area contributed by atoms with E-state index < -0.39 is 0 Å². The van der Waals surface area contributed by atoms with Crippen LogP contribution in [0, 0.1) is 0 Å². The molecule has 0 amide bonds. The second-order valence-electron chi connectivity index (χ2n) is 2.14. The van der Waals surface area contributed by atoms with Gasteiger partial charge in [-0.25, -0.2) is 0 Å². The summed E-state index contributed by atoms with van der Waals surface area (Å²) in [4.78, 5) is 0. The largest absolute Gasteiger partial charge is 0.493 e. The molecule has 0 N–H and O–H groups in total. The third-order valence-corrected chi connectivity index (χ3v) is 1.56. The van der Waals surface area contributed by atoms with Gasteiger partial charge in [-0.05, 0) is 6.08 Å². The summed E-state index contributed by atoms with van der Waals surface area (Å²) in [7, 11) is 0. The van der Waals surface area contributed by atoms with E-state index in [-0.39, 0.29) is 0 Å². The summed E-state index contributed by atoms with van der Waals surface area (Å²) in [5, 5.41) is 0. The minimum absolute atomic E-state index is 0.711. The number of fused-ring (bicyclic) bond motifs is 1. The van der Waals surface area contributed by atoms with Crippen LogP contribution in [0.5, 0.6) is 0 Å². The summed E-state index contributed by atoms with van der Waals surface area (Å²) in [6.45, 7) is 1.53. The second kappa shape index (κ2) is 1.79. The standard InChI is InChI=1S/C7H8O2/c1-3-8-5-7-6(1)2-4-9-7/h1,5H,2-4H2. The van der Waals surface area contributed by atoms with E-state index in [9.17, 15) is 0 Å². The summed E-state index contributed by atoms with van der Waals surface area (Å²) in [6, 6.07) is 0. The predicted molar refractivity (Wildman–Crippen MR) is 32.7 cm³/mol. The molecule has 2 aliphatic rings. The van der Waals surface area contributed by atoms with E-state index >= 15 is 0 Å². The fourth-order valence-corrected chi connectivity index (χ4v) is 1.07. The third-order valence-electron chi connectivity index (χ3n) is 1.56. The summed E-state index contributed by atoms with van der Waals surface area (Å²) in [6.07, 6.45) is 4.82. The molecule has 0 atom stereocenters. The van der Waals surface area contributed by atoms with Crippen molar-refractivity contribution in [2.75, 3.05) is 13.2 Å². The van der Waals surface area contributed by atoms with Gasteiger partial charge in [0.25, 0.3) is 0 Å². The molecular weight excluding hydrogens is 116 g/mol. The van der Waals surface area contributed by atoms with Crippen LogP contribution < -0.4 is 0 Å². The molecule has 0 spiro atoms. The first kappa shape index (κ1) is 4.91. The molecule has 0 aromatic rings. The Morgan fingerprint density at radius 2 is 2.44 bits per heavy atom.